The molecule has 0 aromatic heterocycles. The van der Waals surface area contributed by atoms with Gasteiger partial charge in [-0.25, -0.2) is 0 Å². The summed E-state index contributed by atoms with van der Waals surface area (Å²) < 4.78 is -0.0631. The fraction of sp³-hybridized carbons (Fsp3) is 0.200. The zero-order chi connectivity index (χ0) is 41.4. The van der Waals surface area contributed by atoms with E-state index in [-0.39, 0.29) is 4.66 Å². The molecule has 1 aliphatic rings. The molecule has 0 spiro atoms. The first-order valence-corrected chi connectivity index (χ1v) is 28.2. The van der Waals surface area contributed by atoms with E-state index in [2.05, 4.69) is 235 Å². The molecule has 8 aromatic carbocycles. The monoisotopic (exact) mass is 800 g/mol. The van der Waals surface area contributed by atoms with Gasteiger partial charge in [0.05, 0.1) is 21.8 Å². The smallest absolute Gasteiger partial charge is 0.0579 e. The van der Waals surface area contributed by atoms with Crippen LogP contribution in [0.15, 0.2) is 158 Å². The van der Waals surface area contributed by atoms with Crippen molar-refractivity contribution in [3.05, 3.63) is 191 Å². The Kier molecular flexibility index (Phi) is 9.37. The number of nitrogens with zero attached hydrogens (tertiary/aromatic N) is 2. The Labute approximate surface area is 353 Å². The van der Waals surface area contributed by atoms with Crippen LogP contribution in [0.5, 0.6) is 0 Å². The van der Waals surface area contributed by atoms with Crippen LogP contribution in [0, 0.1) is 27.7 Å². The fourth-order valence-corrected chi connectivity index (χ4v) is 23.8. The van der Waals surface area contributed by atoms with E-state index in [1.807, 2.05) is 0 Å². The number of rotatable bonds is 8. The summed E-state index contributed by atoms with van der Waals surface area (Å²) in [5.74, 6) is 0. The molecule has 0 radical (unpaired) electrons. The van der Waals surface area contributed by atoms with Gasteiger partial charge in [-0.3, -0.25) is 0 Å². The maximum Gasteiger partial charge on any atom is 0.0579 e. The molecule has 59 heavy (non-hydrogen) atoms. The topological polar surface area (TPSA) is 6.48 Å². The van der Waals surface area contributed by atoms with E-state index in [1.54, 1.807) is 0 Å². The zero-order valence-electron chi connectivity index (χ0n) is 36.4. The molecule has 0 N–H and O–H groups in total. The molecule has 0 heterocycles. The molecule has 294 valence electrons. The van der Waals surface area contributed by atoms with Crippen molar-refractivity contribution in [3.8, 4) is 11.1 Å². The summed E-state index contributed by atoms with van der Waals surface area (Å²) in [5.41, 5.74) is 18.3. The first-order valence-electron chi connectivity index (χ1n) is 21.2. The predicted octanol–water partition coefficient (Wildman–Crippen LogP) is 16.2. The predicted molar refractivity (Wildman–Crippen MR) is 263 cm³/mol. The number of hydrogen-bond acceptors (Lipinski definition) is 2. The summed E-state index contributed by atoms with van der Waals surface area (Å²) in [6, 6.07) is 59.7. The van der Waals surface area contributed by atoms with Crippen LogP contribution in [0.1, 0.15) is 33.4 Å². The van der Waals surface area contributed by atoms with Crippen molar-refractivity contribution in [1.82, 2.24) is 0 Å². The highest BCUT2D eigenvalue weighted by Crippen LogP contribution is 2.61. The molecular weight excluding hydrogens is 745 g/mol. The van der Waals surface area contributed by atoms with Crippen molar-refractivity contribution in [3.63, 3.8) is 0 Å². The minimum atomic E-state index is -2.04. The lowest BCUT2D eigenvalue weighted by molar-refractivity contribution is 0.954. The van der Waals surface area contributed by atoms with Gasteiger partial charge in [-0.05, 0) is 161 Å². The van der Waals surface area contributed by atoms with Gasteiger partial charge >= 0.3 is 0 Å². The van der Waals surface area contributed by atoms with Crippen LogP contribution in [0.25, 0.3) is 32.7 Å². The lowest BCUT2D eigenvalue weighted by Gasteiger charge is -2.51. The van der Waals surface area contributed by atoms with Gasteiger partial charge in [-0.1, -0.05) is 124 Å². The van der Waals surface area contributed by atoms with Crippen LogP contribution < -0.4 is 9.80 Å². The minimum Gasteiger partial charge on any atom is -0.310 e. The summed E-state index contributed by atoms with van der Waals surface area (Å²) in [4.78, 5) is 4.94. The molecular formula is C55H56N2Si2. The highest BCUT2D eigenvalue weighted by atomic mass is 28.4. The third kappa shape index (κ3) is 6.19. The molecule has 4 heteroatoms. The SMILES string of the molecule is Cc1ccc(N(c2ccccc2)c2ccc3cc4c(cc3c2)C([Si](C)(C)C)([Si](C)(C)C)c2cc(N(c3ccccc3)c3ccc(C)c(C)c3)c3ccccc3c2-4)cc1C. The molecule has 1 aliphatic carbocycles. The highest BCUT2D eigenvalue weighted by Gasteiger charge is 2.59. The third-order valence-corrected chi connectivity index (χ3v) is 23.4. The van der Waals surface area contributed by atoms with E-state index >= 15 is 0 Å². The van der Waals surface area contributed by atoms with Gasteiger partial charge in [-0.2, -0.15) is 0 Å². The van der Waals surface area contributed by atoms with Gasteiger partial charge in [-0.15, -0.1) is 0 Å². The Balaban J connectivity index is 1.34. The number of anilines is 6. The Bertz CT molecular complexity index is 2890. The van der Waals surface area contributed by atoms with Crippen molar-refractivity contribution in [2.24, 2.45) is 0 Å². The summed E-state index contributed by atoms with van der Waals surface area (Å²) in [6.45, 7) is 24.7. The van der Waals surface area contributed by atoms with E-state index in [4.69, 9.17) is 0 Å². The second-order valence-electron chi connectivity index (χ2n) is 18.9. The van der Waals surface area contributed by atoms with Crippen LogP contribution in [0.2, 0.25) is 39.3 Å². The summed E-state index contributed by atoms with van der Waals surface area (Å²) in [7, 11) is -4.08. The molecule has 0 fully saturated rings. The molecule has 2 nitrogen and oxygen atoms in total. The largest absolute Gasteiger partial charge is 0.310 e. The summed E-state index contributed by atoms with van der Waals surface area (Å²) in [6.07, 6.45) is 0. The van der Waals surface area contributed by atoms with E-state index in [1.165, 1.54) is 94.5 Å². The molecule has 0 unspecified atom stereocenters. The number of aryl methyl sites for hydroxylation is 4. The zero-order valence-corrected chi connectivity index (χ0v) is 38.4. The normalized spacial score (nSPS) is 13.4. The second kappa shape index (κ2) is 14.3. The van der Waals surface area contributed by atoms with Gasteiger partial charge < -0.3 is 9.80 Å². The Hall–Kier alpha value is -5.69. The summed E-state index contributed by atoms with van der Waals surface area (Å²) in [5, 5.41) is 5.20. The number of benzene rings is 8. The van der Waals surface area contributed by atoms with Gasteiger partial charge in [0.2, 0.25) is 0 Å². The van der Waals surface area contributed by atoms with Crippen molar-refractivity contribution < 1.29 is 0 Å². The summed E-state index contributed by atoms with van der Waals surface area (Å²) >= 11 is 0. The standard InChI is InChI=1S/C55H56N2Si2/c1-37-25-28-45(31-39(37)3)56(43-19-13-11-14-20-43)47-30-27-41-34-50-51(35-42(41)33-47)55(58(5,6)7,59(8,9)10)52-36-53(48-23-17-18-24-49(48)54(50)52)57(44-21-15-12-16-22-44)46-29-26-38(2)40(4)32-46/h11-36H,1-10H3. The van der Waals surface area contributed by atoms with E-state index in [9.17, 15) is 0 Å². The molecule has 0 saturated heterocycles. The van der Waals surface area contributed by atoms with Gasteiger partial charge in [0.1, 0.15) is 0 Å². The lowest BCUT2D eigenvalue weighted by Crippen LogP contribution is -2.63. The van der Waals surface area contributed by atoms with Gasteiger partial charge in [0.25, 0.3) is 0 Å². The molecule has 0 amide bonds. The van der Waals surface area contributed by atoms with Gasteiger partial charge in [0, 0.05) is 38.5 Å². The van der Waals surface area contributed by atoms with E-state index in [0.717, 1.165) is 5.69 Å². The maximum absolute atomic E-state index is 2.64. The first kappa shape index (κ1) is 38.8. The number of para-hydroxylation sites is 2. The lowest BCUT2D eigenvalue weighted by atomic mass is 9.94. The Morgan fingerprint density at radius 2 is 0.864 bits per heavy atom. The van der Waals surface area contributed by atoms with Crippen LogP contribution >= 0.6 is 0 Å². The molecule has 0 bridgehead atoms. The fourth-order valence-electron chi connectivity index (χ4n) is 10.7. The van der Waals surface area contributed by atoms with E-state index in [0.29, 0.717) is 0 Å². The van der Waals surface area contributed by atoms with Gasteiger partial charge in [0.15, 0.2) is 0 Å². The van der Waals surface area contributed by atoms with Crippen LogP contribution in [-0.2, 0) is 4.66 Å². The molecule has 0 saturated carbocycles. The van der Waals surface area contributed by atoms with Crippen molar-refractivity contribution in [2.75, 3.05) is 9.80 Å². The number of hydrogen-bond donors (Lipinski definition) is 0. The Morgan fingerprint density at radius 3 is 1.42 bits per heavy atom. The molecule has 9 rings (SSSR count). The molecule has 8 aromatic rings. The number of fused-ring (bicyclic) bond motifs is 6. The second-order valence-corrected chi connectivity index (χ2v) is 29.9. The van der Waals surface area contributed by atoms with Crippen molar-refractivity contribution in [2.45, 2.75) is 71.6 Å². The third-order valence-electron chi connectivity index (χ3n) is 13.3. The van der Waals surface area contributed by atoms with Crippen molar-refractivity contribution in [1.29, 1.82) is 0 Å². The average molecular weight is 801 g/mol. The van der Waals surface area contributed by atoms with Crippen LogP contribution in [-0.4, -0.2) is 16.1 Å². The quantitative estimate of drug-likeness (QED) is 0.141. The highest BCUT2D eigenvalue weighted by molar-refractivity contribution is 6.99. The van der Waals surface area contributed by atoms with Crippen molar-refractivity contribution >= 4 is 71.8 Å². The van der Waals surface area contributed by atoms with Crippen LogP contribution in [0.3, 0.4) is 0 Å². The van der Waals surface area contributed by atoms with E-state index < -0.39 is 16.1 Å². The molecule has 0 atom stereocenters. The average Bonchev–Trinajstić information content (AvgIpc) is 3.51. The maximum atomic E-state index is 2.64. The Morgan fingerprint density at radius 1 is 0.373 bits per heavy atom. The van der Waals surface area contributed by atoms with Crippen LogP contribution in [0.4, 0.5) is 34.1 Å². The molecule has 0 aliphatic heterocycles. The minimum absolute atomic E-state index is 0.0631. The first-order chi connectivity index (χ1) is 28.2.